The number of piperidine rings is 1. The van der Waals surface area contributed by atoms with Crippen LogP contribution in [0.3, 0.4) is 0 Å². The maximum Gasteiger partial charge on any atom is 0.252 e. The van der Waals surface area contributed by atoms with Crippen molar-refractivity contribution in [1.29, 1.82) is 0 Å². The molecule has 6 heteroatoms. The minimum Gasteiger partial charge on any atom is -0.345 e. The van der Waals surface area contributed by atoms with Crippen LogP contribution in [-0.2, 0) is 10.0 Å². The van der Waals surface area contributed by atoms with Crippen LogP contribution in [0.5, 0.6) is 0 Å². The zero-order valence-electron chi connectivity index (χ0n) is 18.4. The Kier molecular flexibility index (Phi) is 6.98. The van der Waals surface area contributed by atoms with Gasteiger partial charge in [0.1, 0.15) is 0 Å². The number of carbonyl (C=O) groups excluding carboxylic acids is 1. The quantitative estimate of drug-likeness (QED) is 0.727. The van der Waals surface area contributed by atoms with Gasteiger partial charge in [-0.3, -0.25) is 4.79 Å². The highest BCUT2D eigenvalue weighted by atomic mass is 32.2. The van der Waals surface area contributed by atoms with Crippen LogP contribution >= 0.6 is 0 Å². The lowest BCUT2D eigenvalue weighted by Gasteiger charge is -2.26. The Morgan fingerprint density at radius 3 is 2.33 bits per heavy atom. The number of nitrogens with zero attached hydrogens (tertiary/aromatic N) is 1. The number of amides is 1. The summed E-state index contributed by atoms with van der Waals surface area (Å²) in [6.07, 6.45) is 3.57. The zero-order chi connectivity index (χ0) is 21.9. The molecule has 1 heterocycles. The summed E-state index contributed by atoms with van der Waals surface area (Å²) in [5.41, 5.74) is 4.59. The monoisotopic (exact) mass is 428 g/mol. The van der Waals surface area contributed by atoms with E-state index in [9.17, 15) is 13.2 Å². The highest BCUT2D eigenvalue weighted by molar-refractivity contribution is 7.89. The van der Waals surface area contributed by atoms with Crippen LogP contribution in [0, 0.1) is 20.8 Å². The summed E-state index contributed by atoms with van der Waals surface area (Å²) in [6, 6.07) is 11.0. The van der Waals surface area contributed by atoms with Crippen molar-refractivity contribution in [3.8, 4) is 0 Å². The van der Waals surface area contributed by atoms with Crippen molar-refractivity contribution in [2.75, 3.05) is 13.1 Å². The van der Waals surface area contributed by atoms with Gasteiger partial charge in [-0.25, -0.2) is 8.42 Å². The molecule has 2 aromatic rings. The van der Waals surface area contributed by atoms with Gasteiger partial charge in [0, 0.05) is 18.7 Å². The molecule has 3 rings (SSSR count). The van der Waals surface area contributed by atoms with Gasteiger partial charge in [-0.15, -0.1) is 0 Å². The summed E-state index contributed by atoms with van der Waals surface area (Å²) in [5.74, 6) is -0.241. The van der Waals surface area contributed by atoms with Gasteiger partial charge in [0.15, 0.2) is 0 Å². The molecule has 1 aliphatic rings. The van der Waals surface area contributed by atoms with Crippen LogP contribution in [0.1, 0.15) is 71.3 Å². The van der Waals surface area contributed by atoms with E-state index in [0.29, 0.717) is 18.7 Å². The van der Waals surface area contributed by atoms with Crippen LogP contribution in [0.25, 0.3) is 0 Å². The summed E-state index contributed by atoms with van der Waals surface area (Å²) < 4.78 is 27.6. The predicted octanol–water partition coefficient (Wildman–Crippen LogP) is 4.67. The first-order valence-electron chi connectivity index (χ1n) is 10.7. The van der Waals surface area contributed by atoms with Gasteiger partial charge < -0.3 is 5.32 Å². The fourth-order valence-electron chi connectivity index (χ4n) is 4.11. The number of nitrogens with one attached hydrogen (secondary N) is 1. The Morgan fingerprint density at radius 1 is 1.00 bits per heavy atom. The minimum atomic E-state index is -3.58. The van der Waals surface area contributed by atoms with Gasteiger partial charge in [0.05, 0.1) is 10.9 Å². The van der Waals surface area contributed by atoms with Gasteiger partial charge in [-0.1, -0.05) is 43.2 Å². The maximum atomic E-state index is 13.1. The molecule has 5 nitrogen and oxygen atoms in total. The third kappa shape index (κ3) is 4.76. The lowest BCUT2D eigenvalue weighted by atomic mass is 9.97. The summed E-state index contributed by atoms with van der Waals surface area (Å²) in [7, 11) is -3.58. The van der Waals surface area contributed by atoms with E-state index in [1.165, 1.54) is 15.9 Å². The van der Waals surface area contributed by atoms with Gasteiger partial charge in [0.2, 0.25) is 10.0 Å². The van der Waals surface area contributed by atoms with E-state index in [2.05, 4.69) is 17.4 Å². The van der Waals surface area contributed by atoms with Gasteiger partial charge in [-0.2, -0.15) is 4.31 Å². The topological polar surface area (TPSA) is 66.5 Å². The summed E-state index contributed by atoms with van der Waals surface area (Å²) in [5, 5.41) is 3.11. The number of benzene rings is 2. The molecule has 1 N–H and O–H groups in total. The molecule has 0 saturated carbocycles. The Morgan fingerprint density at radius 2 is 1.70 bits per heavy atom. The highest BCUT2D eigenvalue weighted by Gasteiger charge is 2.27. The number of sulfonamides is 1. The zero-order valence-corrected chi connectivity index (χ0v) is 19.2. The second kappa shape index (κ2) is 9.31. The largest absolute Gasteiger partial charge is 0.345 e. The first kappa shape index (κ1) is 22.5. The average Bonchev–Trinajstić information content (AvgIpc) is 2.73. The molecule has 162 valence electrons. The Balaban J connectivity index is 1.87. The summed E-state index contributed by atoms with van der Waals surface area (Å²) >= 11 is 0. The first-order valence-corrected chi connectivity index (χ1v) is 12.2. The van der Waals surface area contributed by atoms with Crippen LogP contribution < -0.4 is 5.32 Å². The van der Waals surface area contributed by atoms with Gasteiger partial charge in [0.25, 0.3) is 5.91 Å². The Hall–Kier alpha value is -2.18. The van der Waals surface area contributed by atoms with Crippen molar-refractivity contribution in [3.05, 3.63) is 64.2 Å². The van der Waals surface area contributed by atoms with E-state index >= 15 is 0 Å². The fraction of sp³-hybridized carbons (Fsp3) is 0.458. The van der Waals surface area contributed by atoms with E-state index < -0.39 is 10.0 Å². The highest BCUT2D eigenvalue weighted by Crippen LogP contribution is 2.25. The molecule has 2 aromatic carbocycles. The fourth-order valence-corrected chi connectivity index (χ4v) is 5.66. The van der Waals surface area contributed by atoms with Crippen LogP contribution in [-0.4, -0.2) is 31.7 Å². The number of aryl methyl sites for hydroxylation is 3. The SMILES string of the molecule is CC[C@H](NC(=O)c1cc(S(=O)(=O)N2CCCCC2)ccc1C)c1ccc(C)cc1C. The molecule has 0 bridgehead atoms. The van der Waals surface area contributed by atoms with Crippen LogP contribution in [0.15, 0.2) is 41.3 Å². The third-order valence-corrected chi connectivity index (χ3v) is 7.82. The van der Waals surface area contributed by atoms with E-state index in [1.807, 2.05) is 33.8 Å². The van der Waals surface area contributed by atoms with Crippen molar-refractivity contribution >= 4 is 15.9 Å². The first-order chi connectivity index (χ1) is 14.2. The minimum absolute atomic E-state index is 0.125. The Bertz CT molecular complexity index is 1020. The van der Waals surface area contributed by atoms with Crippen LogP contribution in [0.2, 0.25) is 0 Å². The molecule has 0 aromatic heterocycles. The number of hydrogen-bond donors (Lipinski definition) is 1. The Labute approximate surface area is 180 Å². The number of carbonyl (C=O) groups is 1. The molecule has 1 saturated heterocycles. The molecule has 1 amide bonds. The van der Waals surface area contributed by atoms with Crippen molar-refractivity contribution in [2.45, 2.75) is 64.3 Å². The smallest absolute Gasteiger partial charge is 0.252 e. The lowest BCUT2D eigenvalue weighted by molar-refractivity contribution is 0.0934. The maximum absolute atomic E-state index is 13.1. The molecular formula is C24H32N2O3S. The molecule has 0 spiro atoms. The predicted molar refractivity (Wildman–Crippen MR) is 120 cm³/mol. The van der Waals surface area contributed by atoms with Crippen LogP contribution in [0.4, 0.5) is 0 Å². The summed E-state index contributed by atoms with van der Waals surface area (Å²) in [6.45, 7) is 9.06. The van der Waals surface area contributed by atoms with Crippen molar-refractivity contribution < 1.29 is 13.2 Å². The lowest BCUT2D eigenvalue weighted by Crippen LogP contribution is -2.36. The van der Waals surface area contributed by atoms with Crippen molar-refractivity contribution in [3.63, 3.8) is 0 Å². The number of rotatable bonds is 6. The second-order valence-electron chi connectivity index (χ2n) is 8.24. The normalized spacial score (nSPS) is 16.3. The molecule has 1 atom stereocenters. The summed E-state index contributed by atoms with van der Waals surface area (Å²) in [4.78, 5) is 13.3. The average molecular weight is 429 g/mol. The molecule has 1 aliphatic heterocycles. The van der Waals surface area contributed by atoms with Gasteiger partial charge >= 0.3 is 0 Å². The molecule has 1 fully saturated rings. The molecule has 0 unspecified atom stereocenters. The molecular weight excluding hydrogens is 396 g/mol. The van der Waals surface area contributed by atoms with Crippen molar-refractivity contribution in [2.24, 2.45) is 0 Å². The third-order valence-electron chi connectivity index (χ3n) is 5.92. The van der Waals surface area contributed by atoms with E-state index in [0.717, 1.165) is 42.4 Å². The van der Waals surface area contributed by atoms with Crippen molar-refractivity contribution in [1.82, 2.24) is 9.62 Å². The molecule has 30 heavy (non-hydrogen) atoms. The molecule has 0 radical (unpaired) electrons. The van der Waals surface area contributed by atoms with E-state index in [1.54, 1.807) is 12.1 Å². The second-order valence-corrected chi connectivity index (χ2v) is 10.2. The van der Waals surface area contributed by atoms with E-state index in [-0.39, 0.29) is 16.8 Å². The van der Waals surface area contributed by atoms with E-state index in [4.69, 9.17) is 0 Å². The molecule has 0 aliphatic carbocycles. The number of hydrogen-bond acceptors (Lipinski definition) is 3. The van der Waals surface area contributed by atoms with Gasteiger partial charge in [-0.05, 0) is 68.9 Å². The standard InChI is InChI=1S/C24H32N2O3S/c1-5-23(21-12-9-17(2)15-19(21)4)25-24(27)22-16-20(11-10-18(22)3)30(28,29)26-13-7-6-8-14-26/h9-12,15-16,23H,5-8,13-14H2,1-4H3,(H,25,27)/t23-/m0/s1.